The van der Waals surface area contributed by atoms with Crippen molar-refractivity contribution in [3.63, 3.8) is 0 Å². The topological polar surface area (TPSA) is 31.9 Å². The summed E-state index contributed by atoms with van der Waals surface area (Å²) in [6.45, 7) is 2.25. The number of rotatable bonds is 2. The number of hydrogen-bond donors (Lipinski definition) is 1. The van der Waals surface area contributed by atoms with Crippen LogP contribution in [0.1, 0.15) is 19.3 Å². The zero-order valence-corrected chi connectivity index (χ0v) is 13.1. The third kappa shape index (κ3) is 2.46. The predicted octanol–water partition coefficient (Wildman–Crippen LogP) is 4.87. The first-order chi connectivity index (χ1) is 10.8. The molecule has 1 aliphatic rings. The largest absolute Gasteiger partial charge is 0.372 e. The Morgan fingerprint density at radius 3 is 2.64 bits per heavy atom. The van der Waals surface area contributed by atoms with Gasteiger partial charge in [0.1, 0.15) is 5.82 Å². The zero-order chi connectivity index (χ0) is 14.9. The standard InChI is InChI=1S/C18H18ClN3/c19-15-9-8-13(22-10-4-1-5-11-22)12-14(15)18-20-16-6-2-3-7-17(16)21-18/h2-3,6-9,12H,1,4-5,10-11H2,(H,20,21). The number of fused-ring (bicyclic) bond motifs is 1. The highest BCUT2D eigenvalue weighted by molar-refractivity contribution is 6.33. The summed E-state index contributed by atoms with van der Waals surface area (Å²) in [7, 11) is 0. The summed E-state index contributed by atoms with van der Waals surface area (Å²) in [5.41, 5.74) is 4.22. The van der Waals surface area contributed by atoms with Crippen LogP contribution in [0.4, 0.5) is 5.69 Å². The number of para-hydroxylation sites is 2. The van der Waals surface area contributed by atoms with Gasteiger partial charge in [-0.25, -0.2) is 4.98 Å². The normalized spacial score (nSPS) is 15.4. The van der Waals surface area contributed by atoms with E-state index in [1.165, 1.54) is 24.9 Å². The molecule has 0 spiro atoms. The Balaban J connectivity index is 1.76. The molecule has 0 saturated carbocycles. The SMILES string of the molecule is Clc1ccc(N2CCCCC2)cc1-c1nc2ccccc2[nH]1. The van der Waals surface area contributed by atoms with Crippen molar-refractivity contribution >= 4 is 28.3 Å². The number of nitrogens with zero attached hydrogens (tertiary/aromatic N) is 2. The number of anilines is 1. The van der Waals surface area contributed by atoms with E-state index < -0.39 is 0 Å². The van der Waals surface area contributed by atoms with Gasteiger partial charge in [-0.2, -0.15) is 0 Å². The summed E-state index contributed by atoms with van der Waals surface area (Å²) in [5, 5.41) is 0.736. The maximum Gasteiger partial charge on any atom is 0.140 e. The van der Waals surface area contributed by atoms with Crippen LogP contribution in [0.25, 0.3) is 22.4 Å². The Hall–Kier alpha value is -2.00. The first-order valence-electron chi connectivity index (χ1n) is 7.81. The molecule has 112 valence electrons. The number of H-pyrrole nitrogens is 1. The van der Waals surface area contributed by atoms with Gasteiger partial charge in [0.25, 0.3) is 0 Å². The minimum Gasteiger partial charge on any atom is -0.372 e. The second-order valence-corrected chi connectivity index (χ2v) is 6.22. The lowest BCUT2D eigenvalue weighted by Gasteiger charge is -2.29. The van der Waals surface area contributed by atoms with Gasteiger partial charge in [-0.15, -0.1) is 0 Å². The number of benzene rings is 2. The zero-order valence-electron chi connectivity index (χ0n) is 12.3. The molecule has 1 aliphatic heterocycles. The van der Waals surface area contributed by atoms with Crippen LogP contribution in [-0.4, -0.2) is 23.1 Å². The monoisotopic (exact) mass is 311 g/mol. The van der Waals surface area contributed by atoms with Crippen LogP contribution < -0.4 is 4.90 Å². The summed E-state index contributed by atoms with van der Waals surface area (Å²) in [6, 6.07) is 14.3. The van der Waals surface area contributed by atoms with E-state index in [1.807, 2.05) is 30.3 Å². The van der Waals surface area contributed by atoms with Gasteiger partial charge < -0.3 is 9.88 Å². The highest BCUT2D eigenvalue weighted by atomic mass is 35.5. The molecule has 0 amide bonds. The van der Waals surface area contributed by atoms with Crippen LogP contribution >= 0.6 is 11.6 Å². The van der Waals surface area contributed by atoms with Crippen LogP contribution in [0.15, 0.2) is 42.5 Å². The smallest absolute Gasteiger partial charge is 0.140 e. The molecule has 2 aromatic carbocycles. The first kappa shape index (κ1) is 13.6. The molecule has 2 heterocycles. The molecule has 1 saturated heterocycles. The van der Waals surface area contributed by atoms with Crippen LogP contribution in [0, 0.1) is 0 Å². The number of hydrogen-bond acceptors (Lipinski definition) is 2. The molecule has 0 radical (unpaired) electrons. The van der Waals surface area contributed by atoms with Gasteiger partial charge >= 0.3 is 0 Å². The van der Waals surface area contributed by atoms with E-state index in [9.17, 15) is 0 Å². The molecular formula is C18H18ClN3. The molecule has 1 aromatic heterocycles. The van der Waals surface area contributed by atoms with Gasteiger partial charge in [-0.3, -0.25) is 0 Å². The summed E-state index contributed by atoms with van der Waals surface area (Å²) < 4.78 is 0. The number of aromatic amines is 1. The first-order valence-corrected chi connectivity index (χ1v) is 8.19. The van der Waals surface area contributed by atoms with E-state index in [0.29, 0.717) is 0 Å². The lowest BCUT2D eigenvalue weighted by atomic mass is 10.1. The van der Waals surface area contributed by atoms with E-state index in [2.05, 4.69) is 27.0 Å². The fraction of sp³-hybridized carbons (Fsp3) is 0.278. The molecule has 4 rings (SSSR count). The lowest BCUT2D eigenvalue weighted by molar-refractivity contribution is 0.578. The molecule has 1 fully saturated rings. The van der Waals surface area contributed by atoms with Gasteiger partial charge in [0.2, 0.25) is 0 Å². The van der Waals surface area contributed by atoms with Gasteiger partial charge in [0.05, 0.1) is 16.1 Å². The Morgan fingerprint density at radius 2 is 1.82 bits per heavy atom. The molecule has 4 heteroatoms. The molecule has 0 bridgehead atoms. The summed E-state index contributed by atoms with van der Waals surface area (Å²) in [5.74, 6) is 0.838. The van der Waals surface area contributed by atoms with Gasteiger partial charge in [0, 0.05) is 24.3 Å². The van der Waals surface area contributed by atoms with Crippen molar-refractivity contribution in [1.29, 1.82) is 0 Å². The van der Waals surface area contributed by atoms with Crippen molar-refractivity contribution in [3.05, 3.63) is 47.5 Å². The highest BCUT2D eigenvalue weighted by Gasteiger charge is 2.15. The van der Waals surface area contributed by atoms with Crippen LogP contribution in [0.2, 0.25) is 5.02 Å². The van der Waals surface area contributed by atoms with E-state index in [-0.39, 0.29) is 0 Å². The minimum atomic E-state index is 0.736. The van der Waals surface area contributed by atoms with Crippen molar-refractivity contribution in [2.75, 3.05) is 18.0 Å². The fourth-order valence-electron chi connectivity index (χ4n) is 3.12. The van der Waals surface area contributed by atoms with Crippen molar-refractivity contribution in [1.82, 2.24) is 9.97 Å². The minimum absolute atomic E-state index is 0.736. The molecule has 0 aliphatic carbocycles. The van der Waals surface area contributed by atoms with E-state index in [0.717, 1.165) is 40.5 Å². The quantitative estimate of drug-likeness (QED) is 0.732. The van der Waals surface area contributed by atoms with Crippen molar-refractivity contribution < 1.29 is 0 Å². The Bertz CT molecular complexity index is 770. The number of aromatic nitrogens is 2. The highest BCUT2D eigenvalue weighted by Crippen LogP contribution is 2.32. The van der Waals surface area contributed by atoms with E-state index in [4.69, 9.17) is 11.6 Å². The fourth-order valence-corrected chi connectivity index (χ4v) is 3.33. The van der Waals surface area contributed by atoms with Gasteiger partial charge in [0.15, 0.2) is 0 Å². The Kier molecular flexibility index (Phi) is 3.51. The third-order valence-corrected chi connectivity index (χ3v) is 4.65. The van der Waals surface area contributed by atoms with E-state index >= 15 is 0 Å². The maximum atomic E-state index is 6.42. The van der Waals surface area contributed by atoms with Crippen LogP contribution in [-0.2, 0) is 0 Å². The third-order valence-electron chi connectivity index (χ3n) is 4.32. The Labute approximate surface area is 134 Å². The van der Waals surface area contributed by atoms with Crippen molar-refractivity contribution in [3.8, 4) is 11.4 Å². The van der Waals surface area contributed by atoms with Gasteiger partial charge in [-0.1, -0.05) is 23.7 Å². The number of nitrogens with one attached hydrogen (secondary N) is 1. The molecule has 0 atom stereocenters. The molecule has 0 unspecified atom stereocenters. The second kappa shape index (κ2) is 5.65. The van der Waals surface area contributed by atoms with Crippen LogP contribution in [0.5, 0.6) is 0 Å². The number of piperidine rings is 1. The Morgan fingerprint density at radius 1 is 1.00 bits per heavy atom. The summed E-state index contributed by atoms with van der Waals surface area (Å²) in [4.78, 5) is 10.5. The van der Waals surface area contributed by atoms with Crippen molar-refractivity contribution in [2.24, 2.45) is 0 Å². The van der Waals surface area contributed by atoms with Crippen LogP contribution in [0.3, 0.4) is 0 Å². The summed E-state index contributed by atoms with van der Waals surface area (Å²) in [6.07, 6.45) is 3.87. The van der Waals surface area contributed by atoms with E-state index in [1.54, 1.807) is 0 Å². The average molecular weight is 312 g/mol. The predicted molar refractivity (Wildman–Crippen MR) is 92.6 cm³/mol. The number of halogens is 1. The second-order valence-electron chi connectivity index (χ2n) is 5.81. The molecular weight excluding hydrogens is 294 g/mol. The van der Waals surface area contributed by atoms with Gasteiger partial charge in [-0.05, 0) is 49.6 Å². The molecule has 3 aromatic rings. The van der Waals surface area contributed by atoms with Crippen molar-refractivity contribution in [2.45, 2.75) is 19.3 Å². The maximum absolute atomic E-state index is 6.42. The molecule has 3 nitrogen and oxygen atoms in total. The molecule has 1 N–H and O–H groups in total. The summed E-state index contributed by atoms with van der Waals surface area (Å²) >= 11 is 6.42. The lowest BCUT2D eigenvalue weighted by Crippen LogP contribution is -2.29. The molecule has 22 heavy (non-hydrogen) atoms. The number of imidazole rings is 1. The average Bonchev–Trinajstić information content (AvgIpc) is 3.00.